The first-order valence-electron chi connectivity index (χ1n) is 9.70. The molecule has 0 radical (unpaired) electrons. The number of hydrogen-bond acceptors (Lipinski definition) is 4. The van der Waals surface area contributed by atoms with Gasteiger partial charge in [-0.2, -0.15) is 0 Å². The molecular formula is C26H27NO4. The van der Waals surface area contributed by atoms with E-state index < -0.39 is 11.7 Å². The maximum Gasteiger partial charge on any atom is 0.513 e. The average molecular weight is 418 g/mol. The van der Waals surface area contributed by atoms with Crippen LogP contribution in [0.3, 0.4) is 0 Å². The summed E-state index contributed by atoms with van der Waals surface area (Å²) >= 11 is 0. The predicted molar refractivity (Wildman–Crippen MR) is 124 cm³/mol. The summed E-state index contributed by atoms with van der Waals surface area (Å²) in [6.45, 7) is 15.3. The third kappa shape index (κ3) is 4.67. The van der Waals surface area contributed by atoms with Crippen molar-refractivity contribution in [3.63, 3.8) is 0 Å². The lowest BCUT2D eigenvalue weighted by atomic mass is 9.76. The van der Waals surface area contributed by atoms with Gasteiger partial charge in [0.1, 0.15) is 11.3 Å². The molecule has 1 aromatic carbocycles. The van der Waals surface area contributed by atoms with Crippen LogP contribution in [0, 0.1) is 0 Å². The molecular weight excluding hydrogens is 390 g/mol. The Morgan fingerprint density at radius 2 is 1.77 bits per heavy atom. The first-order valence-corrected chi connectivity index (χ1v) is 9.70. The summed E-state index contributed by atoms with van der Waals surface area (Å²) in [5, 5.41) is 3.13. The number of amides is 1. The molecule has 0 spiro atoms. The molecule has 5 heteroatoms. The Morgan fingerprint density at radius 3 is 2.29 bits per heavy atom. The van der Waals surface area contributed by atoms with E-state index in [1.165, 1.54) is 7.11 Å². The van der Waals surface area contributed by atoms with E-state index in [4.69, 9.17) is 4.74 Å². The van der Waals surface area contributed by atoms with Gasteiger partial charge < -0.3 is 14.8 Å². The number of benzene rings is 1. The Hall–Kier alpha value is -3.86. The zero-order chi connectivity index (χ0) is 23.0. The van der Waals surface area contributed by atoms with Crippen LogP contribution >= 0.6 is 0 Å². The van der Waals surface area contributed by atoms with E-state index >= 15 is 0 Å². The molecule has 5 nitrogen and oxygen atoms in total. The smallest absolute Gasteiger partial charge is 0.437 e. The van der Waals surface area contributed by atoms with Gasteiger partial charge in [-0.1, -0.05) is 80.0 Å². The first-order chi connectivity index (χ1) is 14.9. The second kappa shape index (κ2) is 10.3. The van der Waals surface area contributed by atoms with Crippen LogP contribution in [0.15, 0.2) is 109 Å². The second-order valence-electron chi connectivity index (χ2n) is 6.74. The Bertz CT molecular complexity index is 1020. The topological polar surface area (TPSA) is 64.6 Å². The highest BCUT2D eigenvalue weighted by Gasteiger charge is 2.48. The van der Waals surface area contributed by atoms with Crippen molar-refractivity contribution in [3.8, 4) is 5.75 Å². The number of rotatable bonds is 7. The van der Waals surface area contributed by atoms with Gasteiger partial charge in [0.15, 0.2) is 0 Å². The molecule has 1 fully saturated rings. The molecule has 0 saturated carbocycles. The standard InChI is InChI=1S/C26H27NO4/c1-7-11-23-22(10-4)24(28)27-26(23,19(9-3)13-12-18(5)8-2)20-14-16-21(17-15-20)31-25(29)30-6/h7-17H,1-3H2,4-6H3,(H,27,28)/b18-12-,19-13+,22-10+,23-11?. The zero-order valence-corrected chi connectivity index (χ0v) is 18.1. The van der Waals surface area contributed by atoms with E-state index in [2.05, 4.69) is 29.8 Å². The van der Waals surface area contributed by atoms with E-state index in [1.807, 2.05) is 32.1 Å². The van der Waals surface area contributed by atoms with Crippen molar-refractivity contribution in [3.05, 3.63) is 114 Å². The number of carbonyl (C=O) groups excluding carboxylic acids is 2. The largest absolute Gasteiger partial charge is 0.513 e. The van der Waals surface area contributed by atoms with Gasteiger partial charge in [0.25, 0.3) is 5.91 Å². The SMILES string of the molecule is C=CC=C1/C(=C\C)C(=O)NC1(/C(C=C)=C/C=C(/C)C=C)c1ccc(OC(=O)OC)cc1. The lowest BCUT2D eigenvalue weighted by molar-refractivity contribution is -0.117. The van der Waals surface area contributed by atoms with Crippen molar-refractivity contribution >= 4 is 12.1 Å². The molecule has 1 atom stereocenters. The predicted octanol–water partition coefficient (Wildman–Crippen LogP) is 5.46. The van der Waals surface area contributed by atoms with Crippen LogP contribution in [0.4, 0.5) is 4.79 Å². The Kier molecular flexibility index (Phi) is 7.75. The highest BCUT2D eigenvalue weighted by molar-refractivity contribution is 6.04. The van der Waals surface area contributed by atoms with Gasteiger partial charge in [-0.15, -0.1) is 0 Å². The van der Waals surface area contributed by atoms with Gasteiger partial charge in [0.2, 0.25) is 0 Å². The van der Waals surface area contributed by atoms with Gasteiger partial charge in [-0.05, 0) is 42.7 Å². The van der Waals surface area contributed by atoms with Crippen molar-refractivity contribution in [2.75, 3.05) is 7.11 Å². The van der Waals surface area contributed by atoms with Crippen molar-refractivity contribution < 1.29 is 19.1 Å². The zero-order valence-electron chi connectivity index (χ0n) is 18.1. The van der Waals surface area contributed by atoms with Crippen LogP contribution in [-0.2, 0) is 15.1 Å². The van der Waals surface area contributed by atoms with Gasteiger partial charge in [0.05, 0.1) is 7.11 Å². The molecule has 31 heavy (non-hydrogen) atoms. The third-order valence-electron chi connectivity index (χ3n) is 4.97. The van der Waals surface area contributed by atoms with Crippen LogP contribution in [0.2, 0.25) is 0 Å². The number of carbonyl (C=O) groups is 2. The molecule has 1 amide bonds. The van der Waals surface area contributed by atoms with E-state index in [0.717, 1.165) is 22.3 Å². The maximum absolute atomic E-state index is 12.9. The lowest BCUT2D eigenvalue weighted by Gasteiger charge is -2.33. The summed E-state index contributed by atoms with van der Waals surface area (Å²) in [7, 11) is 1.24. The molecule has 1 saturated heterocycles. The van der Waals surface area contributed by atoms with Crippen LogP contribution in [0.5, 0.6) is 5.75 Å². The summed E-state index contributed by atoms with van der Waals surface area (Å²) in [6, 6.07) is 6.86. The highest BCUT2D eigenvalue weighted by atomic mass is 16.7. The minimum absolute atomic E-state index is 0.206. The average Bonchev–Trinajstić information content (AvgIpc) is 3.06. The van der Waals surface area contributed by atoms with Crippen LogP contribution in [-0.4, -0.2) is 19.2 Å². The summed E-state index contributed by atoms with van der Waals surface area (Å²) in [4.78, 5) is 24.3. The lowest BCUT2D eigenvalue weighted by Crippen LogP contribution is -2.41. The molecule has 1 heterocycles. The number of methoxy groups -OCH3 is 1. The molecule has 0 aliphatic carbocycles. The summed E-state index contributed by atoms with van der Waals surface area (Å²) in [5.41, 5.74) is 2.77. The number of allylic oxidation sites excluding steroid dienone is 7. The Labute approximate surface area is 183 Å². The fraction of sp³-hybridized carbons (Fsp3) is 0.154. The normalized spacial score (nSPS) is 21.6. The minimum atomic E-state index is -1.00. The maximum atomic E-state index is 12.9. The first kappa shape index (κ1) is 23.4. The Balaban J connectivity index is 2.78. The monoisotopic (exact) mass is 417 g/mol. The van der Waals surface area contributed by atoms with Gasteiger partial charge >= 0.3 is 6.16 Å². The van der Waals surface area contributed by atoms with E-state index in [0.29, 0.717) is 11.3 Å². The molecule has 1 aliphatic rings. The minimum Gasteiger partial charge on any atom is -0.437 e. The molecule has 2 rings (SSSR count). The summed E-state index contributed by atoms with van der Waals surface area (Å²) in [6.07, 6.45) is 11.7. The summed E-state index contributed by atoms with van der Waals surface area (Å²) < 4.78 is 9.62. The fourth-order valence-electron chi connectivity index (χ4n) is 3.42. The van der Waals surface area contributed by atoms with Crippen LogP contribution < -0.4 is 10.1 Å². The number of nitrogens with one attached hydrogen (secondary N) is 1. The third-order valence-corrected chi connectivity index (χ3v) is 4.97. The Morgan fingerprint density at radius 1 is 1.10 bits per heavy atom. The molecule has 1 aromatic rings. The molecule has 0 bridgehead atoms. The molecule has 160 valence electrons. The van der Waals surface area contributed by atoms with Crippen molar-refractivity contribution in [1.82, 2.24) is 5.32 Å². The van der Waals surface area contributed by atoms with Crippen LogP contribution in [0.1, 0.15) is 19.4 Å². The number of ether oxygens (including phenoxy) is 2. The van der Waals surface area contributed by atoms with E-state index in [-0.39, 0.29) is 5.91 Å². The van der Waals surface area contributed by atoms with E-state index in [1.54, 1.807) is 48.6 Å². The van der Waals surface area contributed by atoms with Crippen molar-refractivity contribution in [1.29, 1.82) is 0 Å². The van der Waals surface area contributed by atoms with Gasteiger partial charge in [-0.25, -0.2) is 4.79 Å². The van der Waals surface area contributed by atoms with Gasteiger partial charge in [-0.3, -0.25) is 4.79 Å². The molecule has 1 N–H and O–H groups in total. The molecule has 1 unspecified atom stereocenters. The van der Waals surface area contributed by atoms with Crippen molar-refractivity contribution in [2.24, 2.45) is 0 Å². The number of hydrogen-bond donors (Lipinski definition) is 1. The molecule has 0 aromatic heterocycles. The quantitative estimate of drug-likeness (QED) is 0.277. The van der Waals surface area contributed by atoms with Crippen LogP contribution in [0.25, 0.3) is 0 Å². The van der Waals surface area contributed by atoms with Gasteiger partial charge in [0, 0.05) is 5.57 Å². The summed E-state index contributed by atoms with van der Waals surface area (Å²) in [5.74, 6) is 0.116. The fourth-order valence-corrected chi connectivity index (χ4v) is 3.42. The second-order valence-corrected chi connectivity index (χ2v) is 6.74. The highest BCUT2D eigenvalue weighted by Crippen LogP contribution is 2.46. The van der Waals surface area contributed by atoms with E-state index in [9.17, 15) is 9.59 Å². The molecule has 1 aliphatic heterocycles. The van der Waals surface area contributed by atoms with Crippen molar-refractivity contribution in [2.45, 2.75) is 19.4 Å².